The summed E-state index contributed by atoms with van der Waals surface area (Å²) in [5, 5.41) is 3.03. The van der Waals surface area contributed by atoms with Gasteiger partial charge in [0.1, 0.15) is 0 Å². The van der Waals surface area contributed by atoms with Crippen LogP contribution >= 0.6 is 0 Å². The summed E-state index contributed by atoms with van der Waals surface area (Å²) in [5.74, 6) is 0. The molecule has 0 aromatic carbocycles. The Morgan fingerprint density at radius 1 is 1.38 bits per heavy atom. The Morgan fingerprint density at radius 2 is 2.06 bits per heavy atom. The fourth-order valence-corrected chi connectivity index (χ4v) is 5.28. The van der Waals surface area contributed by atoms with Crippen molar-refractivity contribution in [2.75, 3.05) is 20.1 Å². The van der Waals surface area contributed by atoms with Gasteiger partial charge in [-0.3, -0.25) is 0 Å². The van der Waals surface area contributed by atoms with Crippen LogP contribution in [0.5, 0.6) is 0 Å². The van der Waals surface area contributed by atoms with E-state index < -0.39 is 10.0 Å². The van der Waals surface area contributed by atoms with Gasteiger partial charge in [-0.1, -0.05) is 6.42 Å². The monoisotopic (exact) mass is 246 g/mol. The van der Waals surface area contributed by atoms with E-state index in [0.717, 1.165) is 38.6 Å². The van der Waals surface area contributed by atoms with Crippen molar-refractivity contribution in [1.29, 1.82) is 0 Å². The van der Waals surface area contributed by atoms with Crippen molar-refractivity contribution < 1.29 is 8.42 Å². The van der Waals surface area contributed by atoms with E-state index in [1.54, 1.807) is 4.31 Å². The predicted molar refractivity (Wildman–Crippen MR) is 64.8 cm³/mol. The van der Waals surface area contributed by atoms with E-state index in [4.69, 9.17) is 0 Å². The van der Waals surface area contributed by atoms with Crippen LogP contribution in [0.3, 0.4) is 0 Å². The summed E-state index contributed by atoms with van der Waals surface area (Å²) < 4.78 is 26.6. The first-order valence-electron chi connectivity index (χ1n) is 6.17. The molecule has 4 nitrogen and oxygen atoms in total. The molecule has 0 radical (unpaired) electrons. The van der Waals surface area contributed by atoms with Gasteiger partial charge in [-0.15, -0.1) is 0 Å². The predicted octanol–water partition coefficient (Wildman–Crippen LogP) is 0.943. The molecular weight excluding hydrogens is 224 g/mol. The van der Waals surface area contributed by atoms with Gasteiger partial charge in [0.2, 0.25) is 10.0 Å². The molecule has 1 heterocycles. The lowest BCUT2D eigenvalue weighted by Gasteiger charge is -2.38. The summed E-state index contributed by atoms with van der Waals surface area (Å²) in [6.45, 7) is 3.52. The Kier molecular flexibility index (Phi) is 3.29. The van der Waals surface area contributed by atoms with Crippen molar-refractivity contribution in [3.8, 4) is 0 Å². The number of hydrogen-bond donors (Lipinski definition) is 1. The third-order valence-corrected chi connectivity index (χ3v) is 6.57. The topological polar surface area (TPSA) is 49.4 Å². The van der Waals surface area contributed by atoms with Crippen LogP contribution in [0.4, 0.5) is 0 Å². The molecule has 16 heavy (non-hydrogen) atoms. The fourth-order valence-electron chi connectivity index (χ4n) is 2.84. The molecule has 1 aliphatic carbocycles. The van der Waals surface area contributed by atoms with E-state index in [2.05, 4.69) is 12.2 Å². The third kappa shape index (κ3) is 1.89. The molecule has 1 unspecified atom stereocenters. The molecule has 0 spiro atoms. The quantitative estimate of drug-likeness (QED) is 0.803. The lowest BCUT2D eigenvalue weighted by Crippen LogP contribution is -2.54. The van der Waals surface area contributed by atoms with E-state index in [1.165, 1.54) is 0 Å². The van der Waals surface area contributed by atoms with Crippen molar-refractivity contribution in [1.82, 2.24) is 9.62 Å². The second-order valence-electron chi connectivity index (χ2n) is 5.30. The van der Waals surface area contributed by atoms with E-state index in [9.17, 15) is 8.42 Å². The molecule has 2 rings (SSSR count). The average molecular weight is 246 g/mol. The molecule has 1 saturated carbocycles. The Balaban J connectivity index is 2.18. The Labute approximate surface area is 98.4 Å². The summed E-state index contributed by atoms with van der Waals surface area (Å²) in [4.78, 5) is 0. The highest BCUT2D eigenvalue weighted by molar-refractivity contribution is 7.89. The van der Waals surface area contributed by atoms with E-state index in [-0.39, 0.29) is 10.8 Å². The van der Waals surface area contributed by atoms with Crippen LogP contribution in [-0.4, -0.2) is 43.6 Å². The molecule has 0 aromatic heterocycles. The maximum Gasteiger partial charge on any atom is 0.217 e. The van der Waals surface area contributed by atoms with Crippen LogP contribution in [0, 0.1) is 0 Å². The van der Waals surface area contributed by atoms with Crippen molar-refractivity contribution in [3.05, 3.63) is 0 Å². The first kappa shape index (κ1) is 12.3. The van der Waals surface area contributed by atoms with Crippen LogP contribution in [-0.2, 0) is 10.0 Å². The number of sulfonamides is 1. The number of nitrogens with one attached hydrogen (secondary N) is 1. The van der Waals surface area contributed by atoms with Crippen molar-refractivity contribution in [2.45, 2.75) is 49.8 Å². The van der Waals surface area contributed by atoms with Crippen LogP contribution in [0.25, 0.3) is 0 Å². The van der Waals surface area contributed by atoms with E-state index in [0.29, 0.717) is 6.54 Å². The van der Waals surface area contributed by atoms with E-state index in [1.807, 2.05) is 7.05 Å². The number of nitrogens with zero attached hydrogens (tertiary/aromatic N) is 1. The van der Waals surface area contributed by atoms with Crippen molar-refractivity contribution in [3.63, 3.8) is 0 Å². The second-order valence-corrected chi connectivity index (χ2v) is 7.44. The van der Waals surface area contributed by atoms with Crippen LogP contribution in [0.1, 0.15) is 39.0 Å². The first-order valence-corrected chi connectivity index (χ1v) is 7.67. The minimum atomic E-state index is -3.04. The zero-order valence-electron chi connectivity index (χ0n) is 10.2. The lowest BCUT2D eigenvalue weighted by molar-refractivity contribution is 0.252. The molecule has 0 bridgehead atoms. The van der Waals surface area contributed by atoms with Crippen LogP contribution in [0.15, 0.2) is 0 Å². The van der Waals surface area contributed by atoms with Gasteiger partial charge < -0.3 is 5.32 Å². The molecule has 1 saturated heterocycles. The van der Waals surface area contributed by atoms with Gasteiger partial charge in [0.25, 0.3) is 0 Å². The summed E-state index contributed by atoms with van der Waals surface area (Å²) in [6, 6.07) is 0. The summed E-state index contributed by atoms with van der Waals surface area (Å²) in [6.07, 6.45) is 4.74. The zero-order chi connectivity index (χ0) is 11.8. The third-order valence-electron chi connectivity index (χ3n) is 4.02. The van der Waals surface area contributed by atoms with Gasteiger partial charge in [0.15, 0.2) is 0 Å². The molecule has 1 aliphatic heterocycles. The van der Waals surface area contributed by atoms with Crippen LogP contribution < -0.4 is 5.32 Å². The van der Waals surface area contributed by atoms with Crippen molar-refractivity contribution >= 4 is 10.0 Å². The highest BCUT2D eigenvalue weighted by Crippen LogP contribution is 2.37. The second kappa shape index (κ2) is 4.27. The Bertz CT molecular complexity index is 351. The van der Waals surface area contributed by atoms with Gasteiger partial charge in [0, 0.05) is 18.6 Å². The van der Waals surface area contributed by atoms with Gasteiger partial charge in [-0.25, -0.2) is 8.42 Å². The van der Waals surface area contributed by atoms with Crippen LogP contribution in [0.2, 0.25) is 0 Å². The average Bonchev–Trinajstić information content (AvgIpc) is 2.44. The molecule has 2 fully saturated rings. The Hall–Kier alpha value is -0.130. The highest BCUT2D eigenvalue weighted by Gasteiger charge is 2.47. The SMILES string of the molecule is CNCC1(C)CCCN1S(=O)(=O)C1CCC1. The molecule has 0 amide bonds. The minimum absolute atomic E-state index is 0.0956. The molecule has 1 atom stereocenters. The van der Waals surface area contributed by atoms with Gasteiger partial charge >= 0.3 is 0 Å². The van der Waals surface area contributed by atoms with Crippen molar-refractivity contribution in [2.24, 2.45) is 0 Å². The number of rotatable bonds is 4. The van der Waals surface area contributed by atoms with Gasteiger partial charge in [0.05, 0.1) is 5.25 Å². The largest absolute Gasteiger partial charge is 0.318 e. The summed E-state index contributed by atoms with van der Waals surface area (Å²) in [5.41, 5.74) is -0.205. The highest BCUT2D eigenvalue weighted by atomic mass is 32.2. The standard InChI is InChI=1S/C11H22N2O2S/c1-11(9-12-2)7-4-8-13(11)16(14,15)10-5-3-6-10/h10,12H,3-9H2,1-2H3. The summed E-state index contributed by atoms with van der Waals surface area (Å²) in [7, 11) is -1.15. The zero-order valence-corrected chi connectivity index (χ0v) is 11.0. The van der Waals surface area contributed by atoms with Gasteiger partial charge in [-0.05, 0) is 39.7 Å². The normalized spacial score (nSPS) is 32.9. The maximum absolute atomic E-state index is 12.4. The number of hydrogen-bond acceptors (Lipinski definition) is 3. The Morgan fingerprint density at radius 3 is 2.56 bits per heavy atom. The molecule has 94 valence electrons. The smallest absolute Gasteiger partial charge is 0.217 e. The summed E-state index contributed by atoms with van der Waals surface area (Å²) >= 11 is 0. The van der Waals surface area contributed by atoms with Gasteiger partial charge in [-0.2, -0.15) is 4.31 Å². The molecular formula is C11H22N2O2S. The fraction of sp³-hybridized carbons (Fsp3) is 1.00. The first-order chi connectivity index (χ1) is 7.50. The maximum atomic E-state index is 12.4. The molecule has 5 heteroatoms. The van der Waals surface area contributed by atoms with E-state index >= 15 is 0 Å². The molecule has 2 aliphatic rings. The number of likely N-dealkylation sites (N-methyl/N-ethyl adjacent to an activating group) is 1. The minimum Gasteiger partial charge on any atom is -0.318 e. The molecule has 1 N–H and O–H groups in total. The molecule has 0 aromatic rings. The lowest BCUT2D eigenvalue weighted by atomic mass is 10.00.